The molecule has 1 aromatic heterocycles. The minimum Gasteiger partial charge on any atom is -0.379 e. The van der Waals surface area contributed by atoms with Gasteiger partial charge in [-0.1, -0.05) is 23.2 Å². The molecule has 106 valence electrons. The van der Waals surface area contributed by atoms with E-state index in [2.05, 4.69) is 10.2 Å². The number of morpholine rings is 1. The highest BCUT2D eigenvalue weighted by Crippen LogP contribution is 2.24. The van der Waals surface area contributed by atoms with Crippen molar-refractivity contribution >= 4 is 29.1 Å². The third kappa shape index (κ3) is 3.63. The quantitative estimate of drug-likeness (QED) is 0.914. The molecule has 1 fully saturated rings. The third-order valence-electron chi connectivity index (χ3n) is 3.17. The van der Waals surface area contributed by atoms with E-state index in [9.17, 15) is 4.79 Å². The molecule has 0 radical (unpaired) electrons. The van der Waals surface area contributed by atoms with Gasteiger partial charge in [0.05, 0.1) is 18.2 Å². The molecule has 0 spiro atoms. The molecular formula is C12H17Cl2N3O2. The number of rotatable bonds is 4. The van der Waals surface area contributed by atoms with Crippen LogP contribution in [0.15, 0.2) is 6.07 Å². The first-order valence-electron chi connectivity index (χ1n) is 6.18. The topological polar surface area (TPSA) is 46.5 Å². The number of hydrogen-bond acceptors (Lipinski definition) is 3. The molecule has 2 heterocycles. The summed E-state index contributed by atoms with van der Waals surface area (Å²) in [5, 5.41) is 3.63. The first-order valence-corrected chi connectivity index (χ1v) is 6.94. The Morgan fingerprint density at radius 3 is 2.68 bits per heavy atom. The fourth-order valence-electron chi connectivity index (χ4n) is 2.00. The number of nitrogens with one attached hydrogen (secondary N) is 1. The number of ether oxygens (including phenoxy) is 1. The van der Waals surface area contributed by atoms with Gasteiger partial charge in [-0.05, 0) is 6.07 Å². The Labute approximate surface area is 122 Å². The van der Waals surface area contributed by atoms with Crippen molar-refractivity contribution in [3.8, 4) is 0 Å². The lowest BCUT2D eigenvalue weighted by atomic mass is 10.3. The summed E-state index contributed by atoms with van der Waals surface area (Å²) in [5.41, 5.74) is 0.469. The van der Waals surface area contributed by atoms with Gasteiger partial charge in [-0.3, -0.25) is 9.69 Å². The average molecular weight is 306 g/mol. The van der Waals surface area contributed by atoms with Gasteiger partial charge >= 0.3 is 0 Å². The Bertz CT molecular complexity index is 456. The highest BCUT2D eigenvalue weighted by molar-refractivity contribution is 6.41. The van der Waals surface area contributed by atoms with E-state index in [0.29, 0.717) is 22.4 Å². The molecule has 0 aromatic carbocycles. The van der Waals surface area contributed by atoms with Crippen LogP contribution in [-0.4, -0.2) is 54.8 Å². The van der Waals surface area contributed by atoms with Crippen LogP contribution in [-0.2, 0) is 11.8 Å². The molecule has 0 saturated carbocycles. The first kappa shape index (κ1) is 14.7. The molecular weight excluding hydrogens is 289 g/mol. The zero-order valence-corrected chi connectivity index (χ0v) is 12.3. The van der Waals surface area contributed by atoms with E-state index in [-0.39, 0.29) is 5.91 Å². The monoisotopic (exact) mass is 305 g/mol. The zero-order valence-electron chi connectivity index (χ0n) is 10.8. The molecule has 0 aliphatic carbocycles. The molecule has 0 atom stereocenters. The predicted molar refractivity (Wildman–Crippen MR) is 75.0 cm³/mol. The van der Waals surface area contributed by atoms with E-state index in [1.54, 1.807) is 17.7 Å². The van der Waals surface area contributed by atoms with Crippen molar-refractivity contribution < 1.29 is 9.53 Å². The molecule has 5 nitrogen and oxygen atoms in total. The summed E-state index contributed by atoms with van der Waals surface area (Å²) in [6, 6.07) is 1.58. The SMILES string of the molecule is Cn1c(C(=O)NCCN2CCOCC2)cc(Cl)c1Cl. The minimum atomic E-state index is -0.162. The summed E-state index contributed by atoms with van der Waals surface area (Å²) >= 11 is 11.8. The lowest BCUT2D eigenvalue weighted by molar-refractivity contribution is 0.0383. The van der Waals surface area contributed by atoms with Gasteiger partial charge in [0.1, 0.15) is 10.8 Å². The van der Waals surface area contributed by atoms with Gasteiger partial charge in [0.25, 0.3) is 5.91 Å². The Morgan fingerprint density at radius 2 is 2.11 bits per heavy atom. The standard InChI is InChI=1S/C12H17Cl2N3O2/c1-16-10(8-9(13)11(16)14)12(18)15-2-3-17-4-6-19-7-5-17/h8H,2-7H2,1H3,(H,15,18). The Balaban J connectivity index is 1.82. The molecule has 1 amide bonds. The minimum absolute atomic E-state index is 0.162. The van der Waals surface area contributed by atoms with Crippen molar-refractivity contribution in [3.05, 3.63) is 21.9 Å². The molecule has 0 unspecified atom stereocenters. The van der Waals surface area contributed by atoms with Crippen LogP contribution in [0.4, 0.5) is 0 Å². The second kappa shape index (κ2) is 6.61. The maximum atomic E-state index is 12.0. The van der Waals surface area contributed by atoms with E-state index < -0.39 is 0 Å². The van der Waals surface area contributed by atoms with Crippen LogP contribution in [0, 0.1) is 0 Å². The fourth-order valence-corrected chi connectivity index (χ4v) is 2.38. The average Bonchev–Trinajstić information content (AvgIpc) is 2.68. The molecule has 0 bridgehead atoms. The molecule has 1 saturated heterocycles. The summed E-state index contributed by atoms with van der Waals surface area (Å²) < 4.78 is 6.84. The van der Waals surface area contributed by atoms with Gasteiger partial charge in [0.2, 0.25) is 0 Å². The second-order valence-electron chi connectivity index (χ2n) is 4.44. The summed E-state index contributed by atoms with van der Waals surface area (Å²) in [6.45, 7) is 4.77. The fraction of sp³-hybridized carbons (Fsp3) is 0.583. The van der Waals surface area contributed by atoms with E-state index in [4.69, 9.17) is 27.9 Å². The van der Waals surface area contributed by atoms with Crippen molar-refractivity contribution in [2.45, 2.75) is 0 Å². The summed E-state index contributed by atoms with van der Waals surface area (Å²) in [4.78, 5) is 14.2. The van der Waals surface area contributed by atoms with Crippen LogP contribution in [0.3, 0.4) is 0 Å². The van der Waals surface area contributed by atoms with Crippen molar-refractivity contribution in [1.82, 2.24) is 14.8 Å². The van der Waals surface area contributed by atoms with Crippen molar-refractivity contribution in [2.75, 3.05) is 39.4 Å². The van der Waals surface area contributed by atoms with E-state index >= 15 is 0 Å². The Hall–Kier alpha value is -0.750. The number of carbonyl (C=O) groups excluding carboxylic acids is 1. The number of carbonyl (C=O) groups is 1. The first-order chi connectivity index (χ1) is 9.09. The summed E-state index contributed by atoms with van der Waals surface area (Å²) in [5.74, 6) is -0.162. The molecule has 7 heteroatoms. The van der Waals surface area contributed by atoms with Crippen LogP contribution in [0.25, 0.3) is 0 Å². The van der Waals surface area contributed by atoms with Crippen LogP contribution >= 0.6 is 23.2 Å². The van der Waals surface area contributed by atoms with Crippen molar-refractivity contribution in [1.29, 1.82) is 0 Å². The summed E-state index contributed by atoms with van der Waals surface area (Å²) in [7, 11) is 1.71. The number of amides is 1. The van der Waals surface area contributed by atoms with Gasteiger partial charge in [-0.15, -0.1) is 0 Å². The normalized spacial score (nSPS) is 16.6. The van der Waals surface area contributed by atoms with Crippen LogP contribution < -0.4 is 5.32 Å². The molecule has 1 aromatic rings. The lowest BCUT2D eigenvalue weighted by Gasteiger charge is -2.26. The highest BCUT2D eigenvalue weighted by atomic mass is 35.5. The highest BCUT2D eigenvalue weighted by Gasteiger charge is 2.16. The van der Waals surface area contributed by atoms with Crippen molar-refractivity contribution in [3.63, 3.8) is 0 Å². The van der Waals surface area contributed by atoms with Gasteiger partial charge < -0.3 is 14.6 Å². The largest absolute Gasteiger partial charge is 0.379 e. The number of halogens is 2. The van der Waals surface area contributed by atoms with Gasteiger partial charge in [0.15, 0.2) is 0 Å². The van der Waals surface area contributed by atoms with Crippen LogP contribution in [0.1, 0.15) is 10.5 Å². The second-order valence-corrected chi connectivity index (χ2v) is 5.20. The van der Waals surface area contributed by atoms with E-state index in [1.165, 1.54) is 0 Å². The van der Waals surface area contributed by atoms with E-state index in [1.807, 2.05) is 0 Å². The third-order valence-corrected chi connectivity index (χ3v) is 4.01. The molecule has 1 aliphatic heterocycles. The van der Waals surface area contributed by atoms with Crippen molar-refractivity contribution in [2.24, 2.45) is 7.05 Å². The van der Waals surface area contributed by atoms with E-state index in [0.717, 1.165) is 32.8 Å². The smallest absolute Gasteiger partial charge is 0.268 e. The number of nitrogens with zero attached hydrogens (tertiary/aromatic N) is 2. The van der Waals surface area contributed by atoms with Gasteiger partial charge in [0, 0.05) is 33.2 Å². The van der Waals surface area contributed by atoms with Crippen LogP contribution in [0.2, 0.25) is 10.2 Å². The Kier molecular flexibility index (Phi) is 5.10. The molecule has 1 N–H and O–H groups in total. The number of aromatic nitrogens is 1. The zero-order chi connectivity index (χ0) is 13.8. The molecule has 19 heavy (non-hydrogen) atoms. The predicted octanol–water partition coefficient (Wildman–Crippen LogP) is 1.39. The number of hydrogen-bond donors (Lipinski definition) is 1. The van der Waals surface area contributed by atoms with Crippen LogP contribution in [0.5, 0.6) is 0 Å². The summed E-state index contributed by atoms with van der Waals surface area (Å²) in [6.07, 6.45) is 0. The molecule has 2 rings (SSSR count). The maximum Gasteiger partial charge on any atom is 0.268 e. The lowest BCUT2D eigenvalue weighted by Crippen LogP contribution is -2.41. The molecule has 1 aliphatic rings. The Morgan fingerprint density at radius 1 is 1.42 bits per heavy atom. The maximum absolute atomic E-state index is 12.0. The van der Waals surface area contributed by atoms with Gasteiger partial charge in [-0.2, -0.15) is 0 Å². The van der Waals surface area contributed by atoms with Gasteiger partial charge in [-0.25, -0.2) is 0 Å².